The Bertz CT molecular complexity index is 695. The van der Waals surface area contributed by atoms with Crippen molar-refractivity contribution < 1.29 is 19.4 Å². The molecule has 0 bridgehead atoms. The lowest BCUT2D eigenvalue weighted by molar-refractivity contribution is -0.122. The molecule has 0 saturated carbocycles. The number of aromatic hydroxyl groups is 1. The molecule has 1 unspecified atom stereocenters. The molecule has 0 aliphatic heterocycles. The molecule has 1 N–H and O–H groups in total. The van der Waals surface area contributed by atoms with Gasteiger partial charge in [-0.05, 0) is 63.1 Å². The number of carbonyl (C=O) groups excluding carboxylic acids is 2. The van der Waals surface area contributed by atoms with E-state index < -0.39 is 6.10 Å². The van der Waals surface area contributed by atoms with E-state index in [1.165, 1.54) is 46.5 Å². The first-order valence-electron chi connectivity index (χ1n) is 10.2. The second-order valence-corrected chi connectivity index (χ2v) is 7.06. The maximum absolute atomic E-state index is 11.1. The number of benzene rings is 2. The summed E-state index contributed by atoms with van der Waals surface area (Å²) in [5.41, 5.74) is 2.05. The van der Waals surface area contributed by atoms with Crippen molar-refractivity contribution in [2.75, 3.05) is 0 Å². The molecule has 0 radical (unpaired) electrons. The lowest BCUT2D eigenvalue weighted by Crippen LogP contribution is -2.20. The van der Waals surface area contributed by atoms with Crippen LogP contribution in [0.5, 0.6) is 11.5 Å². The Morgan fingerprint density at radius 3 is 1.55 bits per heavy atom. The van der Waals surface area contributed by atoms with Crippen molar-refractivity contribution in [3.8, 4) is 22.6 Å². The Hall–Kier alpha value is -2.62. The maximum atomic E-state index is 11.1. The van der Waals surface area contributed by atoms with Crippen LogP contribution in [0.2, 0.25) is 0 Å². The van der Waals surface area contributed by atoms with Gasteiger partial charge >= 0.3 is 0 Å². The summed E-state index contributed by atoms with van der Waals surface area (Å²) in [7, 11) is 0. The third kappa shape index (κ3) is 13.2. The molecule has 0 amide bonds. The quantitative estimate of drug-likeness (QED) is 0.532. The van der Waals surface area contributed by atoms with Crippen LogP contribution in [0.1, 0.15) is 67.2 Å². The fourth-order valence-electron chi connectivity index (χ4n) is 2.17. The van der Waals surface area contributed by atoms with Crippen molar-refractivity contribution in [1.29, 1.82) is 0 Å². The van der Waals surface area contributed by atoms with E-state index in [4.69, 9.17) is 4.74 Å². The van der Waals surface area contributed by atoms with Crippen LogP contribution in [0.15, 0.2) is 48.5 Å². The average Bonchev–Trinajstić information content (AvgIpc) is 2.67. The summed E-state index contributed by atoms with van der Waals surface area (Å²) < 4.78 is 5.50. The van der Waals surface area contributed by atoms with E-state index in [0.29, 0.717) is 5.75 Å². The topological polar surface area (TPSA) is 63.6 Å². The lowest BCUT2D eigenvalue weighted by atomic mass is 10.1. The summed E-state index contributed by atoms with van der Waals surface area (Å²) in [6.07, 6.45) is 5.11. The van der Waals surface area contributed by atoms with Crippen molar-refractivity contribution in [2.45, 2.75) is 73.3 Å². The van der Waals surface area contributed by atoms with Gasteiger partial charge < -0.3 is 14.6 Å². The van der Waals surface area contributed by atoms with Crippen LogP contribution >= 0.6 is 0 Å². The minimum absolute atomic E-state index is 0.00242. The summed E-state index contributed by atoms with van der Waals surface area (Å²) in [6.45, 7) is 10.8. The van der Waals surface area contributed by atoms with Gasteiger partial charge in [0.15, 0.2) is 11.9 Å². The molecule has 4 heteroatoms. The van der Waals surface area contributed by atoms with Gasteiger partial charge in [-0.15, -0.1) is 0 Å². The fraction of sp³-hybridized carbons (Fsp3) is 0.440. The predicted octanol–water partition coefficient (Wildman–Crippen LogP) is 6.60. The lowest BCUT2D eigenvalue weighted by Gasteiger charge is -2.12. The maximum Gasteiger partial charge on any atom is 0.169 e. The summed E-state index contributed by atoms with van der Waals surface area (Å²) in [5, 5.41) is 9.25. The summed E-state index contributed by atoms with van der Waals surface area (Å²) in [5.74, 6) is 1.09. The van der Waals surface area contributed by atoms with Crippen LogP contribution in [0.4, 0.5) is 0 Å². The van der Waals surface area contributed by atoms with E-state index >= 15 is 0 Å². The molecule has 0 heterocycles. The largest absolute Gasteiger partial charge is 0.508 e. The van der Waals surface area contributed by atoms with Crippen LogP contribution < -0.4 is 4.74 Å². The number of unbranched alkanes of at least 4 members (excludes halogenated alkanes) is 3. The predicted molar refractivity (Wildman–Crippen MR) is 120 cm³/mol. The number of ether oxygens (including phenoxy) is 1. The summed E-state index contributed by atoms with van der Waals surface area (Å²) in [4.78, 5) is 20.6. The standard InChI is InChI=1S/C16H16O3.C6H14.C3H6O/c1-11(17)12(2)19-16-9-5-14(6-10-16)13-3-7-15(18)8-4-13;1-3-5-6-4-2;1-3(2)4/h3-10,12,18H,1-2H3;3-6H2,1-2H3;1-2H3. The van der Waals surface area contributed by atoms with Crippen LogP contribution in [0.25, 0.3) is 11.1 Å². The molecule has 2 aromatic carbocycles. The molecule has 0 fully saturated rings. The Morgan fingerprint density at radius 2 is 1.21 bits per heavy atom. The van der Waals surface area contributed by atoms with E-state index in [1.807, 2.05) is 36.4 Å². The zero-order valence-electron chi connectivity index (χ0n) is 18.7. The van der Waals surface area contributed by atoms with E-state index in [9.17, 15) is 14.7 Å². The van der Waals surface area contributed by atoms with E-state index in [2.05, 4.69) is 13.8 Å². The number of hydrogen-bond acceptors (Lipinski definition) is 4. The minimum Gasteiger partial charge on any atom is -0.508 e. The number of phenolic OH excluding ortho intramolecular Hbond substituents is 1. The smallest absolute Gasteiger partial charge is 0.169 e. The van der Waals surface area contributed by atoms with E-state index in [1.54, 1.807) is 19.1 Å². The first-order valence-corrected chi connectivity index (χ1v) is 10.2. The second kappa shape index (κ2) is 15.3. The number of phenols is 1. The van der Waals surface area contributed by atoms with E-state index in [0.717, 1.165) is 11.1 Å². The third-order valence-electron chi connectivity index (χ3n) is 3.90. The van der Waals surface area contributed by atoms with Crippen LogP contribution in [0, 0.1) is 0 Å². The average molecular weight is 401 g/mol. The highest BCUT2D eigenvalue weighted by Crippen LogP contribution is 2.24. The number of carbonyl (C=O) groups is 2. The Kier molecular flexibility index (Phi) is 13.9. The minimum atomic E-state index is -0.431. The highest BCUT2D eigenvalue weighted by molar-refractivity contribution is 5.80. The fourth-order valence-corrected chi connectivity index (χ4v) is 2.17. The molecule has 2 rings (SSSR count). The zero-order valence-corrected chi connectivity index (χ0v) is 18.7. The summed E-state index contributed by atoms with van der Waals surface area (Å²) >= 11 is 0. The molecule has 0 saturated heterocycles. The summed E-state index contributed by atoms with van der Waals surface area (Å²) in [6, 6.07) is 14.5. The number of Topliss-reactive ketones (excluding diaryl/α,β-unsaturated/α-hetero) is 2. The van der Waals surface area contributed by atoms with E-state index in [-0.39, 0.29) is 17.3 Å². The molecule has 2 aromatic rings. The normalized spacial score (nSPS) is 10.6. The molecule has 4 nitrogen and oxygen atoms in total. The van der Waals surface area contributed by atoms with Gasteiger partial charge in [0.25, 0.3) is 0 Å². The second-order valence-electron chi connectivity index (χ2n) is 7.06. The SMILES string of the molecule is CC(=O)C(C)Oc1ccc(-c2ccc(O)cc2)cc1.CC(C)=O.CCCCCC. The van der Waals surface area contributed by atoms with Crippen molar-refractivity contribution in [1.82, 2.24) is 0 Å². The zero-order chi connectivity index (χ0) is 22.2. The Morgan fingerprint density at radius 1 is 0.828 bits per heavy atom. The molecular weight excluding hydrogens is 364 g/mol. The molecule has 0 aliphatic carbocycles. The monoisotopic (exact) mass is 400 g/mol. The molecule has 0 aromatic heterocycles. The van der Waals surface area contributed by atoms with Gasteiger partial charge in [-0.25, -0.2) is 0 Å². The van der Waals surface area contributed by atoms with Crippen molar-refractivity contribution in [2.24, 2.45) is 0 Å². The molecule has 1 atom stereocenters. The highest BCUT2D eigenvalue weighted by Gasteiger charge is 2.08. The van der Waals surface area contributed by atoms with Gasteiger partial charge in [0.2, 0.25) is 0 Å². The van der Waals surface area contributed by atoms with Crippen molar-refractivity contribution in [3.05, 3.63) is 48.5 Å². The number of rotatable bonds is 7. The van der Waals surface area contributed by atoms with Crippen LogP contribution in [0.3, 0.4) is 0 Å². The Balaban J connectivity index is 0.000000654. The Labute approximate surface area is 175 Å². The van der Waals surface area contributed by atoms with Gasteiger partial charge in [-0.3, -0.25) is 4.79 Å². The van der Waals surface area contributed by atoms with Crippen molar-refractivity contribution >= 4 is 11.6 Å². The molecule has 160 valence electrons. The molecule has 29 heavy (non-hydrogen) atoms. The van der Waals surface area contributed by atoms with Gasteiger partial charge in [0.05, 0.1) is 0 Å². The third-order valence-corrected chi connectivity index (χ3v) is 3.90. The van der Waals surface area contributed by atoms with Crippen LogP contribution in [-0.4, -0.2) is 22.8 Å². The van der Waals surface area contributed by atoms with Gasteiger partial charge in [-0.1, -0.05) is 63.8 Å². The number of ketones is 2. The van der Waals surface area contributed by atoms with Crippen molar-refractivity contribution in [3.63, 3.8) is 0 Å². The molecular formula is C25H36O4. The van der Waals surface area contributed by atoms with Gasteiger partial charge in [0, 0.05) is 0 Å². The molecule has 0 spiro atoms. The first-order chi connectivity index (χ1) is 13.7. The van der Waals surface area contributed by atoms with Gasteiger partial charge in [-0.2, -0.15) is 0 Å². The highest BCUT2D eigenvalue weighted by atomic mass is 16.5. The first kappa shape index (κ1) is 26.4. The van der Waals surface area contributed by atoms with Gasteiger partial charge in [0.1, 0.15) is 17.3 Å². The van der Waals surface area contributed by atoms with Crippen LogP contribution in [-0.2, 0) is 9.59 Å². The molecule has 0 aliphatic rings. The number of hydrogen-bond donors (Lipinski definition) is 1.